The molecule has 144 valence electrons. The van der Waals surface area contributed by atoms with Gasteiger partial charge in [-0.2, -0.15) is 0 Å². The van der Waals surface area contributed by atoms with Crippen molar-refractivity contribution in [1.29, 1.82) is 0 Å². The lowest BCUT2D eigenvalue weighted by Crippen LogP contribution is -2.47. The first-order valence-electron chi connectivity index (χ1n) is 8.86. The van der Waals surface area contributed by atoms with Crippen molar-refractivity contribution in [2.24, 2.45) is 0 Å². The molecule has 2 aromatic rings. The van der Waals surface area contributed by atoms with Gasteiger partial charge in [-0.1, -0.05) is 23.2 Å². The smallest absolute Gasteiger partial charge is 0.319 e. The van der Waals surface area contributed by atoms with Gasteiger partial charge in [0.05, 0.1) is 10.7 Å². The van der Waals surface area contributed by atoms with Gasteiger partial charge in [0.2, 0.25) is 5.95 Å². The SMILES string of the molecule is O=C(NCCCN1CCN(c2ncccn2)CC1)Nc1ccc(Cl)cc1Cl. The van der Waals surface area contributed by atoms with Crippen LogP contribution >= 0.6 is 23.2 Å². The first-order chi connectivity index (χ1) is 13.1. The van der Waals surface area contributed by atoms with E-state index in [1.54, 1.807) is 30.6 Å². The quantitative estimate of drug-likeness (QED) is 0.718. The van der Waals surface area contributed by atoms with Crippen molar-refractivity contribution in [3.8, 4) is 0 Å². The molecule has 7 nitrogen and oxygen atoms in total. The highest BCUT2D eigenvalue weighted by Crippen LogP contribution is 2.25. The van der Waals surface area contributed by atoms with Crippen LogP contribution in [0, 0.1) is 0 Å². The zero-order valence-corrected chi connectivity index (χ0v) is 16.4. The Morgan fingerprint density at radius 1 is 1.11 bits per heavy atom. The lowest BCUT2D eigenvalue weighted by molar-refractivity contribution is 0.244. The maximum absolute atomic E-state index is 12.0. The van der Waals surface area contributed by atoms with E-state index in [4.69, 9.17) is 23.2 Å². The molecule has 0 atom stereocenters. The molecule has 0 unspecified atom stereocenters. The summed E-state index contributed by atoms with van der Waals surface area (Å²) in [5.74, 6) is 0.788. The molecule has 2 amide bonds. The van der Waals surface area contributed by atoms with Gasteiger partial charge >= 0.3 is 6.03 Å². The van der Waals surface area contributed by atoms with Crippen LogP contribution in [0.1, 0.15) is 6.42 Å². The van der Waals surface area contributed by atoms with Crippen LogP contribution in [-0.4, -0.2) is 60.2 Å². The lowest BCUT2D eigenvalue weighted by atomic mass is 10.3. The number of halogens is 2. The normalized spacial score (nSPS) is 14.8. The number of carbonyl (C=O) groups is 1. The summed E-state index contributed by atoms with van der Waals surface area (Å²) in [5.41, 5.74) is 0.540. The summed E-state index contributed by atoms with van der Waals surface area (Å²) < 4.78 is 0. The third kappa shape index (κ3) is 5.95. The van der Waals surface area contributed by atoms with Crippen LogP contribution in [-0.2, 0) is 0 Å². The number of carbonyl (C=O) groups excluding carboxylic acids is 1. The standard InChI is InChI=1S/C18H22Cl2N6O/c19-14-3-4-16(15(20)13-14)24-18(27)23-7-2-8-25-9-11-26(12-10-25)17-21-5-1-6-22-17/h1,3-6,13H,2,7-12H2,(H2,23,24,27). The number of rotatable bonds is 6. The zero-order valence-electron chi connectivity index (χ0n) is 14.9. The van der Waals surface area contributed by atoms with Gasteiger partial charge in [0.1, 0.15) is 0 Å². The Balaban J connectivity index is 1.32. The van der Waals surface area contributed by atoms with E-state index in [9.17, 15) is 4.79 Å². The second-order valence-corrected chi connectivity index (χ2v) is 7.08. The number of urea groups is 1. The molecule has 9 heteroatoms. The molecule has 1 aromatic carbocycles. The number of benzene rings is 1. The average molecular weight is 409 g/mol. The highest BCUT2D eigenvalue weighted by Gasteiger charge is 2.18. The Morgan fingerprint density at radius 2 is 1.85 bits per heavy atom. The number of aromatic nitrogens is 2. The van der Waals surface area contributed by atoms with E-state index in [2.05, 4.69) is 30.4 Å². The molecule has 0 bridgehead atoms. The van der Waals surface area contributed by atoms with E-state index in [0.717, 1.165) is 45.1 Å². The molecule has 1 aliphatic heterocycles. The molecule has 3 rings (SSSR count). The van der Waals surface area contributed by atoms with E-state index >= 15 is 0 Å². The first-order valence-corrected chi connectivity index (χ1v) is 9.61. The number of amides is 2. The molecule has 1 saturated heterocycles. The van der Waals surface area contributed by atoms with Gasteiger partial charge < -0.3 is 15.5 Å². The van der Waals surface area contributed by atoms with Crippen LogP contribution in [0.15, 0.2) is 36.7 Å². The van der Waals surface area contributed by atoms with E-state index in [0.29, 0.717) is 22.3 Å². The summed E-state index contributed by atoms with van der Waals surface area (Å²) in [5, 5.41) is 6.52. The minimum Gasteiger partial charge on any atom is -0.338 e. The molecular formula is C18H22Cl2N6O. The summed E-state index contributed by atoms with van der Waals surface area (Å²) in [4.78, 5) is 25.1. The molecule has 0 aliphatic carbocycles. The van der Waals surface area contributed by atoms with Gasteiger partial charge in [0.15, 0.2) is 0 Å². The summed E-state index contributed by atoms with van der Waals surface area (Å²) in [7, 11) is 0. The minimum absolute atomic E-state index is 0.273. The van der Waals surface area contributed by atoms with Crippen molar-refractivity contribution >= 4 is 40.9 Å². The molecule has 27 heavy (non-hydrogen) atoms. The largest absolute Gasteiger partial charge is 0.338 e. The van der Waals surface area contributed by atoms with Crippen molar-refractivity contribution in [2.45, 2.75) is 6.42 Å². The van der Waals surface area contributed by atoms with Gasteiger partial charge in [-0.3, -0.25) is 4.90 Å². The van der Waals surface area contributed by atoms with E-state index in [1.807, 2.05) is 6.07 Å². The second-order valence-electron chi connectivity index (χ2n) is 6.24. The molecular weight excluding hydrogens is 387 g/mol. The molecule has 0 radical (unpaired) electrons. The lowest BCUT2D eigenvalue weighted by Gasteiger charge is -2.34. The molecule has 1 fully saturated rings. The topological polar surface area (TPSA) is 73.4 Å². The van der Waals surface area contributed by atoms with Crippen LogP contribution < -0.4 is 15.5 Å². The third-order valence-corrected chi connectivity index (χ3v) is 4.87. The molecule has 0 spiro atoms. The monoisotopic (exact) mass is 408 g/mol. The number of nitrogens with one attached hydrogen (secondary N) is 2. The Bertz CT molecular complexity index is 753. The van der Waals surface area contributed by atoms with Crippen LogP contribution in [0.25, 0.3) is 0 Å². The van der Waals surface area contributed by atoms with Gasteiger partial charge in [-0.25, -0.2) is 14.8 Å². The molecule has 1 aromatic heterocycles. The fraction of sp³-hybridized carbons (Fsp3) is 0.389. The Kier molecular flexibility index (Phi) is 7.09. The van der Waals surface area contributed by atoms with Crippen LogP contribution in [0.2, 0.25) is 10.0 Å². The number of hydrogen-bond donors (Lipinski definition) is 2. The highest BCUT2D eigenvalue weighted by molar-refractivity contribution is 6.36. The molecule has 1 aliphatic rings. The zero-order chi connectivity index (χ0) is 19.1. The van der Waals surface area contributed by atoms with Crippen molar-refractivity contribution in [3.05, 3.63) is 46.7 Å². The third-order valence-electron chi connectivity index (χ3n) is 4.32. The van der Waals surface area contributed by atoms with Crippen molar-refractivity contribution in [1.82, 2.24) is 20.2 Å². The van der Waals surface area contributed by atoms with Gasteiger partial charge in [0.25, 0.3) is 0 Å². The molecule has 2 heterocycles. The maximum atomic E-state index is 12.0. The summed E-state index contributed by atoms with van der Waals surface area (Å²) in [6, 6.07) is 6.51. The fourth-order valence-electron chi connectivity index (χ4n) is 2.89. The summed E-state index contributed by atoms with van der Waals surface area (Å²) >= 11 is 11.9. The second kappa shape index (κ2) is 9.73. The van der Waals surface area contributed by atoms with Crippen LogP contribution in [0.4, 0.5) is 16.4 Å². The predicted molar refractivity (Wildman–Crippen MR) is 109 cm³/mol. The number of nitrogens with zero attached hydrogens (tertiary/aromatic N) is 4. The van der Waals surface area contributed by atoms with Gasteiger partial charge in [-0.15, -0.1) is 0 Å². The minimum atomic E-state index is -0.273. The predicted octanol–water partition coefficient (Wildman–Crippen LogP) is 3.12. The van der Waals surface area contributed by atoms with Crippen LogP contribution in [0.3, 0.4) is 0 Å². The van der Waals surface area contributed by atoms with Crippen molar-refractivity contribution in [3.63, 3.8) is 0 Å². The van der Waals surface area contributed by atoms with E-state index in [-0.39, 0.29) is 6.03 Å². The van der Waals surface area contributed by atoms with E-state index in [1.165, 1.54) is 0 Å². The van der Waals surface area contributed by atoms with Crippen molar-refractivity contribution < 1.29 is 4.79 Å². The Hall–Kier alpha value is -2.09. The van der Waals surface area contributed by atoms with Crippen molar-refractivity contribution in [2.75, 3.05) is 49.5 Å². The Morgan fingerprint density at radius 3 is 2.56 bits per heavy atom. The van der Waals surface area contributed by atoms with Crippen LogP contribution in [0.5, 0.6) is 0 Å². The highest BCUT2D eigenvalue weighted by atomic mass is 35.5. The maximum Gasteiger partial charge on any atom is 0.319 e. The molecule has 0 saturated carbocycles. The van der Waals surface area contributed by atoms with E-state index < -0.39 is 0 Å². The van der Waals surface area contributed by atoms with Gasteiger partial charge in [0, 0.05) is 50.1 Å². The molecule has 2 N–H and O–H groups in total. The fourth-order valence-corrected chi connectivity index (χ4v) is 3.34. The number of hydrogen-bond acceptors (Lipinski definition) is 5. The van der Waals surface area contributed by atoms with Gasteiger partial charge in [-0.05, 0) is 37.2 Å². The Labute approximate surface area is 168 Å². The summed E-state index contributed by atoms with van der Waals surface area (Å²) in [6.45, 7) is 5.28. The number of anilines is 2. The first kappa shape index (κ1) is 19.7. The summed E-state index contributed by atoms with van der Waals surface area (Å²) in [6.07, 6.45) is 4.41. The average Bonchev–Trinajstić information content (AvgIpc) is 2.69. The number of piperazine rings is 1.